The van der Waals surface area contributed by atoms with Gasteiger partial charge in [-0.2, -0.15) is 5.26 Å². The molecule has 2 aromatic carbocycles. The van der Waals surface area contributed by atoms with E-state index in [-0.39, 0.29) is 6.42 Å². The molecule has 0 aliphatic rings. The van der Waals surface area contributed by atoms with E-state index in [1.54, 1.807) is 19.1 Å². The molecule has 0 fully saturated rings. The largest absolute Gasteiger partial charge is 0.465 e. The van der Waals surface area contributed by atoms with E-state index in [1.165, 1.54) is 43.3 Å². The minimum Gasteiger partial charge on any atom is -0.465 e. The van der Waals surface area contributed by atoms with Gasteiger partial charge in [0.1, 0.15) is 5.82 Å². The Labute approximate surface area is 163 Å². The third-order valence-corrected chi connectivity index (χ3v) is 7.09. The number of hydrogen-bond donors (Lipinski definition) is 2. The molecule has 0 aliphatic heterocycles. The molecule has 2 aromatic rings. The highest BCUT2D eigenvalue weighted by atomic mass is 32.2. The van der Waals surface area contributed by atoms with Crippen molar-refractivity contribution in [1.29, 1.82) is 5.26 Å². The Morgan fingerprint density at radius 3 is 2.25 bits per heavy atom. The molecule has 6 nitrogen and oxygen atoms in total. The summed E-state index contributed by atoms with van der Waals surface area (Å²) in [4.78, 5) is 11.4. The lowest BCUT2D eigenvalue weighted by Crippen LogP contribution is -2.50. The summed E-state index contributed by atoms with van der Waals surface area (Å²) in [6.07, 6.45) is -1.21. The minimum atomic E-state index is -3.81. The van der Waals surface area contributed by atoms with Gasteiger partial charge in [-0.25, -0.2) is 17.6 Å². The first-order chi connectivity index (χ1) is 13.1. The van der Waals surface area contributed by atoms with Gasteiger partial charge >= 0.3 is 6.09 Å². The zero-order valence-electron chi connectivity index (χ0n) is 15.5. The van der Waals surface area contributed by atoms with E-state index in [0.717, 1.165) is 0 Å². The fourth-order valence-electron chi connectivity index (χ4n) is 3.06. The molecule has 0 radical (unpaired) electrons. The Morgan fingerprint density at radius 1 is 1.21 bits per heavy atom. The second-order valence-corrected chi connectivity index (χ2v) is 8.88. The maximum Gasteiger partial charge on any atom is 0.405 e. The van der Waals surface area contributed by atoms with E-state index < -0.39 is 38.3 Å². The zero-order chi connectivity index (χ0) is 20.9. The number of carbonyl (C=O) groups is 1. The fourth-order valence-corrected chi connectivity index (χ4v) is 5.02. The van der Waals surface area contributed by atoms with Crippen molar-refractivity contribution in [2.75, 3.05) is 5.75 Å². The first-order valence-electron chi connectivity index (χ1n) is 8.62. The van der Waals surface area contributed by atoms with Crippen molar-refractivity contribution in [2.24, 2.45) is 0 Å². The molecule has 0 spiro atoms. The third kappa shape index (κ3) is 4.67. The first kappa shape index (κ1) is 21.4. The Hall–Kier alpha value is -2.92. The predicted octanol–water partition coefficient (Wildman–Crippen LogP) is 3.75. The van der Waals surface area contributed by atoms with Crippen molar-refractivity contribution >= 4 is 15.9 Å². The topological polar surface area (TPSA) is 107 Å². The molecule has 2 unspecified atom stereocenters. The Morgan fingerprint density at radius 2 is 1.79 bits per heavy atom. The maximum atomic E-state index is 13.3. The van der Waals surface area contributed by atoms with Crippen LogP contribution in [0.3, 0.4) is 0 Å². The number of rotatable bonds is 7. The number of benzene rings is 2. The molecule has 2 N–H and O–H groups in total. The molecule has 0 aromatic heterocycles. The number of amides is 1. The van der Waals surface area contributed by atoms with Crippen LogP contribution in [0, 0.1) is 17.1 Å². The van der Waals surface area contributed by atoms with Crippen molar-refractivity contribution in [3.8, 4) is 6.07 Å². The molecule has 2 atom stereocenters. The highest BCUT2D eigenvalue weighted by molar-refractivity contribution is 7.91. The molecule has 0 saturated carbocycles. The summed E-state index contributed by atoms with van der Waals surface area (Å²) in [5.41, 5.74) is -0.137. The molecule has 2 rings (SSSR count). The Bertz CT molecular complexity index is 982. The summed E-state index contributed by atoms with van der Waals surface area (Å²) in [6.45, 7) is 3.18. The van der Waals surface area contributed by atoms with Crippen LogP contribution in [0.25, 0.3) is 0 Å². The van der Waals surface area contributed by atoms with Crippen LogP contribution in [0.2, 0.25) is 0 Å². The lowest BCUT2D eigenvalue weighted by atomic mass is 9.89. The first-order valence-corrected chi connectivity index (χ1v) is 10.3. The second kappa shape index (κ2) is 8.40. The summed E-state index contributed by atoms with van der Waals surface area (Å²) < 4.78 is 39.5. The van der Waals surface area contributed by atoms with Gasteiger partial charge in [-0.1, -0.05) is 31.2 Å². The van der Waals surface area contributed by atoms with E-state index in [2.05, 4.69) is 5.32 Å². The van der Waals surface area contributed by atoms with Crippen LogP contribution in [-0.2, 0) is 15.4 Å². The maximum absolute atomic E-state index is 13.3. The highest BCUT2D eigenvalue weighted by Crippen LogP contribution is 2.32. The number of sulfone groups is 1. The van der Waals surface area contributed by atoms with Gasteiger partial charge < -0.3 is 10.4 Å². The summed E-state index contributed by atoms with van der Waals surface area (Å²) in [6, 6.07) is 13.3. The van der Waals surface area contributed by atoms with Gasteiger partial charge in [-0.3, -0.25) is 0 Å². The summed E-state index contributed by atoms with van der Waals surface area (Å²) in [5, 5.41) is 19.6. The van der Waals surface area contributed by atoms with E-state index >= 15 is 0 Å². The number of nitrogens with zero attached hydrogens (tertiary/aromatic N) is 1. The predicted molar refractivity (Wildman–Crippen MR) is 103 cm³/mol. The summed E-state index contributed by atoms with van der Waals surface area (Å²) in [7, 11) is -3.81. The molecule has 148 valence electrons. The van der Waals surface area contributed by atoms with Crippen molar-refractivity contribution in [3.05, 3.63) is 71.0 Å². The van der Waals surface area contributed by atoms with Gasteiger partial charge in [0.05, 0.1) is 28.2 Å². The van der Waals surface area contributed by atoms with E-state index in [1.807, 2.05) is 6.07 Å². The van der Waals surface area contributed by atoms with Gasteiger partial charge in [-0.05, 0) is 48.7 Å². The lowest BCUT2D eigenvalue weighted by molar-refractivity contribution is 0.179. The van der Waals surface area contributed by atoms with Gasteiger partial charge in [-0.15, -0.1) is 0 Å². The minimum absolute atomic E-state index is 0.157. The van der Waals surface area contributed by atoms with Gasteiger partial charge in [0, 0.05) is 0 Å². The fraction of sp³-hybridized carbons (Fsp3) is 0.300. The monoisotopic (exact) mass is 404 g/mol. The normalized spacial score (nSPS) is 14.5. The second-order valence-electron chi connectivity index (χ2n) is 6.56. The SMILES string of the molecule is CCC(CS(=O)(=O)C(C)c1ccc(C#N)cc1)(NC(=O)O)c1ccc(F)cc1. The number of halogens is 1. The van der Waals surface area contributed by atoms with Crippen molar-refractivity contribution in [2.45, 2.75) is 31.1 Å². The van der Waals surface area contributed by atoms with Crippen LogP contribution in [0.15, 0.2) is 48.5 Å². The molecular weight excluding hydrogens is 383 g/mol. The van der Waals surface area contributed by atoms with E-state index in [9.17, 15) is 22.7 Å². The number of carboxylic acid groups (broad SMARTS) is 1. The van der Waals surface area contributed by atoms with Crippen LogP contribution in [0.5, 0.6) is 0 Å². The van der Waals surface area contributed by atoms with Crippen molar-refractivity contribution in [3.63, 3.8) is 0 Å². The lowest BCUT2D eigenvalue weighted by Gasteiger charge is -2.34. The average molecular weight is 404 g/mol. The van der Waals surface area contributed by atoms with Gasteiger partial charge in [0.15, 0.2) is 9.84 Å². The number of hydrogen-bond acceptors (Lipinski definition) is 4. The van der Waals surface area contributed by atoms with Crippen LogP contribution in [0.4, 0.5) is 9.18 Å². The number of nitrogens with one attached hydrogen (secondary N) is 1. The molecular formula is C20H21FN2O4S. The van der Waals surface area contributed by atoms with E-state index in [0.29, 0.717) is 16.7 Å². The molecule has 28 heavy (non-hydrogen) atoms. The van der Waals surface area contributed by atoms with Crippen LogP contribution >= 0.6 is 0 Å². The number of nitriles is 1. The van der Waals surface area contributed by atoms with Gasteiger partial charge in [0.2, 0.25) is 0 Å². The standard InChI is InChI=1S/C20H21FN2O4S/c1-3-20(23-19(24)25,17-8-10-18(21)11-9-17)13-28(26,27)14(2)16-6-4-15(12-22)5-7-16/h4-11,14,23H,3,13H2,1-2H3,(H,24,25). The van der Waals surface area contributed by atoms with Crippen LogP contribution < -0.4 is 5.32 Å². The molecule has 8 heteroatoms. The van der Waals surface area contributed by atoms with Gasteiger partial charge in [0.25, 0.3) is 0 Å². The molecule has 0 saturated heterocycles. The van der Waals surface area contributed by atoms with Crippen LogP contribution in [-0.4, -0.2) is 25.4 Å². The van der Waals surface area contributed by atoms with Crippen molar-refractivity contribution < 1.29 is 22.7 Å². The Balaban J connectivity index is 2.44. The molecule has 0 heterocycles. The third-order valence-electron chi connectivity index (χ3n) is 4.84. The van der Waals surface area contributed by atoms with Crippen LogP contribution in [0.1, 0.15) is 42.2 Å². The molecule has 0 bridgehead atoms. The Kier molecular flexibility index (Phi) is 6.41. The zero-order valence-corrected chi connectivity index (χ0v) is 16.3. The smallest absolute Gasteiger partial charge is 0.405 e. The quantitative estimate of drug-likeness (QED) is 0.731. The highest BCUT2D eigenvalue weighted by Gasteiger charge is 2.39. The summed E-state index contributed by atoms with van der Waals surface area (Å²) >= 11 is 0. The van der Waals surface area contributed by atoms with Crippen molar-refractivity contribution in [1.82, 2.24) is 5.32 Å². The average Bonchev–Trinajstić information content (AvgIpc) is 2.66. The van der Waals surface area contributed by atoms with E-state index in [4.69, 9.17) is 5.26 Å². The molecule has 0 aliphatic carbocycles. The molecule has 1 amide bonds. The summed E-state index contributed by atoms with van der Waals surface area (Å²) in [5.74, 6) is -0.992.